The molecule has 2 bridgehead atoms. The molecule has 1 aliphatic heterocycles. The van der Waals surface area contributed by atoms with Crippen LogP contribution in [0, 0.1) is 29.6 Å². The number of fused-ring (bicyclic) bond motifs is 6. The van der Waals surface area contributed by atoms with Crippen LogP contribution in [0.2, 0.25) is 5.02 Å². The minimum Gasteiger partial charge on any atom is -0.388 e. The Hall–Kier alpha value is -1.06. The fourth-order valence-corrected chi connectivity index (χ4v) is 5.79. The van der Waals surface area contributed by atoms with Crippen molar-refractivity contribution in [3.8, 4) is 0 Å². The second-order valence-corrected chi connectivity index (χ2v) is 7.67. The fourth-order valence-electron chi connectivity index (χ4n) is 5.52. The second kappa shape index (κ2) is 4.02. The van der Waals surface area contributed by atoms with Crippen molar-refractivity contribution in [3.05, 3.63) is 28.3 Å². The minimum absolute atomic E-state index is 0.00837. The topological polar surface area (TPSA) is 49.3 Å². The summed E-state index contributed by atoms with van der Waals surface area (Å²) in [6.07, 6.45) is 4.03. The van der Waals surface area contributed by atoms with Gasteiger partial charge < -0.3 is 10.4 Å². The van der Waals surface area contributed by atoms with Crippen LogP contribution in [0.1, 0.15) is 36.5 Å². The molecule has 5 unspecified atom stereocenters. The molecule has 21 heavy (non-hydrogen) atoms. The standard InChI is InChI=1S/C17H18ClNO2/c18-11-6-12-9(5-13(20)19-12)4-10(11)17(21)16-14-7-1-2-8(3-7)15(14)16/h4,6-8,14-17,21H,1-3,5H2,(H,19,20). The maximum atomic E-state index is 11.5. The molecule has 5 atom stereocenters. The third kappa shape index (κ3) is 1.62. The lowest BCUT2D eigenvalue weighted by atomic mass is 9.93. The van der Waals surface area contributed by atoms with Gasteiger partial charge in [-0.25, -0.2) is 0 Å². The Morgan fingerprint density at radius 1 is 1.24 bits per heavy atom. The maximum Gasteiger partial charge on any atom is 0.228 e. The SMILES string of the molecule is O=C1Cc2cc(C(O)C3C4C5CCC(C5)C43)c(Cl)cc2N1. The van der Waals surface area contributed by atoms with Gasteiger partial charge in [-0.05, 0) is 72.1 Å². The van der Waals surface area contributed by atoms with Gasteiger partial charge in [-0.2, -0.15) is 0 Å². The van der Waals surface area contributed by atoms with Crippen LogP contribution in [0.15, 0.2) is 12.1 Å². The number of anilines is 1. The Morgan fingerprint density at radius 2 is 1.95 bits per heavy atom. The number of carbonyl (C=O) groups excluding carboxylic acids is 1. The molecule has 3 saturated carbocycles. The van der Waals surface area contributed by atoms with Gasteiger partial charge in [-0.15, -0.1) is 0 Å². The highest BCUT2D eigenvalue weighted by atomic mass is 35.5. The molecule has 4 heteroatoms. The third-order valence-electron chi connectivity index (χ3n) is 6.33. The summed E-state index contributed by atoms with van der Waals surface area (Å²) < 4.78 is 0. The van der Waals surface area contributed by atoms with Gasteiger partial charge in [0.1, 0.15) is 0 Å². The molecule has 3 aliphatic carbocycles. The van der Waals surface area contributed by atoms with Gasteiger partial charge in [0.2, 0.25) is 5.91 Å². The van der Waals surface area contributed by atoms with Crippen LogP contribution in [0.3, 0.4) is 0 Å². The summed E-state index contributed by atoms with van der Waals surface area (Å²) in [7, 11) is 0. The summed E-state index contributed by atoms with van der Waals surface area (Å²) in [6.45, 7) is 0. The van der Waals surface area contributed by atoms with E-state index in [1.807, 2.05) is 6.07 Å². The van der Waals surface area contributed by atoms with Crippen LogP contribution in [0.5, 0.6) is 0 Å². The number of carbonyl (C=O) groups is 1. The van der Waals surface area contributed by atoms with Gasteiger partial charge in [0.25, 0.3) is 0 Å². The third-order valence-corrected chi connectivity index (χ3v) is 6.65. The highest BCUT2D eigenvalue weighted by Crippen LogP contribution is 2.72. The predicted molar refractivity (Wildman–Crippen MR) is 80.0 cm³/mol. The molecule has 0 saturated heterocycles. The van der Waals surface area contributed by atoms with Gasteiger partial charge in [-0.3, -0.25) is 4.79 Å². The number of hydrogen-bond acceptors (Lipinski definition) is 2. The second-order valence-electron chi connectivity index (χ2n) is 7.27. The van der Waals surface area contributed by atoms with Crippen LogP contribution >= 0.6 is 11.6 Å². The maximum absolute atomic E-state index is 11.5. The number of amides is 1. The summed E-state index contributed by atoms with van der Waals surface area (Å²) >= 11 is 6.36. The number of halogens is 1. The molecule has 1 aromatic rings. The Morgan fingerprint density at radius 3 is 2.67 bits per heavy atom. The normalized spacial score (nSPS) is 39.9. The predicted octanol–water partition coefficient (Wildman–Crippen LogP) is 3.16. The van der Waals surface area contributed by atoms with Gasteiger partial charge in [-0.1, -0.05) is 11.6 Å². The van der Waals surface area contributed by atoms with Crippen molar-refractivity contribution in [2.75, 3.05) is 5.32 Å². The number of aliphatic hydroxyl groups excluding tert-OH is 1. The van der Waals surface area contributed by atoms with Crippen molar-refractivity contribution in [1.82, 2.24) is 0 Å². The molecule has 1 heterocycles. The van der Waals surface area contributed by atoms with Crippen LogP contribution in [0.25, 0.3) is 0 Å². The van der Waals surface area contributed by atoms with E-state index < -0.39 is 6.10 Å². The largest absolute Gasteiger partial charge is 0.388 e. The molecule has 5 rings (SSSR count). The number of rotatable bonds is 2. The summed E-state index contributed by atoms with van der Waals surface area (Å²) in [5.41, 5.74) is 2.59. The summed E-state index contributed by atoms with van der Waals surface area (Å²) in [5, 5.41) is 14.2. The highest BCUT2D eigenvalue weighted by Gasteiger charge is 2.66. The summed E-state index contributed by atoms with van der Waals surface area (Å²) in [4.78, 5) is 11.5. The molecule has 3 fully saturated rings. The van der Waals surface area contributed by atoms with Gasteiger partial charge in [0.05, 0.1) is 12.5 Å². The van der Waals surface area contributed by atoms with Crippen molar-refractivity contribution in [3.63, 3.8) is 0 Å². The van der Waals surface area contributed by atoms with E-state index in [2.05, 4.69) is 5.32 Å². The average molecular weight is 304 g/mol. The molecule has 2 N–H and O–H groups in total. The van der Waals surface area contributed by atoms with E-state index in [1.54, 1.807) is 6.07 Å². The van der Waals surface area contributed by atoms with Crippen LogP contribution in [-0.4, -0.2) is 11.0 Å². The Bertz CT molecular complexity index is 642. The van der Waals surface area contributed by atoms with E-state index in [-0.39, 0.29) is 5.91 Å². The lowest BCUT2D eigenvalue weighted by molar-refractivity contribution is -0.115. The van der Waals surface area contributed by atoms with E-state index in [9.17, 15) is 9.90 Å². The first-order valence-corrected chi connectivity index (χ1v) is 8.31. The molecule has 1 aromatic carbocycles. The molecule has 1 amide bonds. The lowest BCUT2D eigenvalue weighted by Crippen LogP contribution is -2.09. The number of benzene rings is 1. The van der Waals surface area contributed by atoms with Crippen molar-refractivity contribution in [2.24, 2.45) is 29.6 Å². The molecule has 110 valence electrons. The number of hydrogen-bond donors (Lipinski definition) is 2. The quantitative estimate of drug-likeness (QED) is 0.881. The van der Waals surface area contributed by atoms with Crippen molar-refractivity contribution in [1.29, 1.82) is 0 Å². The monoisotopic (exact) mass is 303 g/mol. The smallest absolute Gasteiger partial charge is 0.228 e. The number of aliphatic hydroxyl groups is 1. The van der Waals surface area contributed by atoms with Gasteiger partial charge in [0, 0.05) is 10.7 Å². The Balaban J connectivity index is 1.46. The van der Waals surface area contributed by atoms with Crippen molar-refractivity contribution in [2.45, 2.75) is 31.8 Å². The molecule has 0 aromatic heterocycles. The molecular weight excluding hydrogens is 286 g/mol. The van der Waals surface area contributed by atoms with Crippen molar-refractivity contribution >= 4 is 23.2 Å². The van der Waals surface area contributed by atoms with Crippen LogP contribution in [-0.2, 0) is 11.2 Å². The van der Waals surface area contributed by atoms with E-state index in [1.165, 1.54) is 19.3 Å². The van der Waals surface area contributed by atoms with Gasteiger partial charge >= 0.3 is 0 Å². The number of nitrogens with one attached hydrogen (secondary N) is 1. The first kappa shape index (κ1) is 12.5. The zero-order valence-electron chi connectivity index (χ0n) is 11.7. The molecule has 0 spiro atoms. The van der Waals surface area contributed by atoms with Crippen molar-refractivity contribution < 1.29 is 9.90 Å². The molecule has 0 radical (unpaired) electrons. The van der Waals surface area contributed by atoms with E-state index in [0.29, 0.717) is 17.4 Å². The van der Waals surface area contributed by atoms with Gasteiger partial charge in [0.15, 0.2) is 0 Å². The molecule has 4 aliphatic rings. The lowest BCUT2D eigenvalue weighted by Gasteiger charge is -2.18. The zero-order chi connectivity index (χ0) is 14.3. The minimum atomic E-state index is -0.461. The first-order valence-electron chi connectivity index (χ1n) is 7.93. The highest BCUT2D eigenvalue weighted by molar-refractivity contribution is 6.32. The fraction of sp³-hybridized carbons (Fsp3) is 0.588. The Labute approximate surface area is 128 Å². The Kier molecular flexibility index (Phi) is 2.39. The van der Waals surface area contributed by atoms with E-state index in [0.717, 1.165) is 40.5 Å². The van der Waals surface area contributed by atoms with E-state index >= 15 is 0 Å². The zero-order valence-corrected chi connectivity index (χ0v) is 12.4. The van der Waals surface area contributed by atoms with Crippen LogP contribution < -0.4 is 5.32 Å². The van der Waals surface area contributed by atoms with Crippen LogP contribution in [0.4, 0.5) is 5.69 Å². The molecular formula is C17H18ClNO2. The first-order chi connectivity index (χ1) is 10.1. The average Bonchev–Trinajstić information content (AvgIpc) is 2.75. The van der Waals surface area contributed by atoms with E-state index in [4.69, 9.17) is 11.6 Å². The summed E-state index contributed by atoms with van der Waals surface area (Å²) in [5.74, 6) is 3.55. The molecule has 3 nitrogen and oxygen atoms in total. The summed E-state index contributed by atoms with van der Waals surface area (Å²) in [6, 6.07) is 3.74.